The molecule has 3 nitrogen and oxygen atoms in total. The molecule has 0 spiro atoms. The fourth-order valence-electron chi connectivity index (χ4n) is 2.06. The van der Waals surface area contributed by atoms with Crippen molar-refractivity contribution < 1.29 is 4.79 Å². The average Bonchev–Trinajstić information content (AvgIpc) is 2.70. The average molecular weight is 218 g/mol. The van der Waals surface area contributed by atoms with Crippen LogP contribution in [0.3, 0.4) is 0 Å². The molecule has 1 aromatic carbocycles. The van der Waals surface area contributed by atoms with E-state index in [2.05, 4.69) is 16.7 Å². The van der Waals surface area contributed by atoms with E-state index < -0.39 is 0 Å². The number of hydrogen-bond acceptors (Lipinski definition) is 2. The van der Waals surface area contributed by atoms with Crippen LogP contribution in [0.2, 0.25) is 0 Å². The maximum Gasteiger partial charge on any atom is 0.224 e. The zero-order valence-corrected chi connectivity index (χ0v) is 9.62. The number of nitrogens with one attached hydrogen (secondary N) is 2. The molecule has 2 N–H and O–H groups in total. The predicted molar refractivity (Wildman–Crippen MR) is 64.3 cm³/mol. The molecule has 0 aromatic heterocycles. The molecular formula is C13H18N2O. The Morgan fingerprint density at radius 3 is 3.12 bits per heavy atom. The summed E-state index contributed by atoms with van der Waals surface area (Å²) >= 11 is 0. The van der Waals surface area contributed by atoms with Gasteiger partial charge in [0.1, 0.15) is 0 Å². The van der Waals surface area contributed by atoms with Crippen molar-refractivity contribution in [3.05, 3.63) is 35.4 Å². The highest BCUT2D eigenvalue weighted by Gasteiger charge is 2.16. The normalized spacial score (nSPS) is 19.7. The van der Waals surface area contributed by atoms with E-state index in [4.69, 9.17) is 0 Å². The second-order valence-corrected chi connectivity index (χ2v) is 4.42. The first-order chi connectivity index (χ1) is 7.74. The van der Waals surface area contributed by atoms with Gasteiger partial charge in [-0.1, -0.05) is 29.8 Å². The number of aryl methyl sites for hydroxylation is 1. The Morgan fingerprint density at radius 1 is 1.56 bits per heavy atom. The Morgan fingerprint density at radius 2 is 2.44 bits per heavy atom. The molecule has 0 radical (unpaired) electrons. The third-order valence-corrected chi connectivity index (χ3v) is 2.87. The fourth-order valence-corrected chi connectivity index (χ4v) is 2.06. The van der Waals surface area contributed by atoms with Crippen molar-refractivity contribution in [3.8, 4) is 0 Å². The Labute approximate surface area is 96.2 Å². The lowest BCUT2D eigenvalue weighted by molar-refractivity contribution is -0.121. The second-order valence-electron chi connectivity index (χ2n) is 4.42. The van der Waals surface area contributed by atoms with Gasteiger partial charge in [-0.15, -0.1) is 0 Å². The lowest BCUT2D eigenvalue weighted by Gasteiger charge is -2.11. The van der Waals surface area contributed by atoms with Gasteiger partial charge in [-0.25, -0.2) is 0 Å². The van der Waals surface area contributed by atoms with Gasteiger partial charge in [0.2, 0.25) is 5.91 Å². The number of carbonyl (C=O) groups is 1. The van der Waals surface area contributed by atoms with Gasteiger partial charge in [0.15, 0.2) is 0 Å². The van der Waals surface area contributed by atoms with Crippen LogP contribution in [0.15, 0.2) is 24.3 Å². The molecule has 0 bridgehead atoms. The maximum atomic E-state index is 11.7. The Kier molecular flexibility index (Phi) is 3.57. The molecule has 1 aliphatic rings. The minimum Gasteiger partial charge on any atom is -0.352 e. The molecule has 1 aromatic rings. The van der Waals surface area contributed by atoms with E-state index in [1.807, 2.05) is 25.1 Å². The van der Waals surface area contributed by atoms with Gasteiger partial charge in [-0.05, 0) is 25.5 Å². The van der Waals surface area contributed by atoms with Gasteiger partial charge in [0.05, 0.1) is 6.42 Å². The van der Waals surface area contributed by atoms with Crippen LogP contribution in [-0.2, 0) is 11.2 Å². The summed E-state index contributed by atoms with van der Waals surface area (Å²) in [4.78, 5) is 11.7. The van der Waals surface area contributed by atoms with Crippen LogP contribution in [0.1, 0.15) is 17.5 Å². The number of hydrogen-bond donors (Lipinski definition) is 2. The Bertz CT molecular complexity index is 370. The third-order valence-electron chi connectivity index (χ3n) is 2.87. The molecule has 0 saturated carbocycles. The molecule has 16 heavy (non-hydrogen) atoms. The van der Waals surface area contributed by atoms with E-state index >= 15 is 0 Å². The molecule has 1 atom stereocenters. The summed E-state index contributed by atoms with van der Waals surface area (Å²) in [6.45, 7) is 3.96. The summed E-state index contributed by atoms with van der Waals surface area (Å²) in [5.41, 5.74) is 2.29. The first-order valence-electron chi connectivity index (χ1n) is 5.79. The highest BCUT2D eigenvalue weighted by atomic mass is 16.1. The maximum absolute atomic E-state index is 11.7. The van der Waals surface area contributed by atoms with Crippen molar-refractivity contribution in [2.45, 2.75) is 25.8 Å². The zero-order valence-electron chi connectivity index (χ0n) is 9.62. The van der Waals surface area contributed by atoms with E-state index in [-0.39, 0.29) is 5.91 Å². The molecule has 1 saturated heterocycles. The molecule has 3 heteroatoms. The highest BCUT2D eigenvalue weighted by molar-refractivity contribution is 5.78. The summed E-state index contributed by atoms with van der Waals surface area (Å²) < 4.78 is 0. The van der Waals surface area contributed by atoms with Gasteiger partial charge in [0.25, 0.3) is 0 Å². The second kappa shape index (κ2) is 5.12. The molecule has 1 heterocycles. The molecular weight excluding hydrogens is 200 g/mol. The number of benzene rings is 1. The summed E-state index contributed by atoms with van der Waals surface area (Å²) in [6.07, 6.45) is 1.53. The van der Waals surface area contributed by atoms with Crippen LogP contribution in [-0.4, -0.2) is 25.0 Å². The number of amides is 1. The summed E-state index contributed by atoms with van der Waals surface area (Å²) in [7, 11) is 0. The van der Waals surface area contributed by atoms with E-state index in [1.54, 1.807) is 0 Å². The van der Waals surface area contributed by atoms with Crippen LogP contribution in [0.5, 0.6) is 0 Å². The van der Waals surface area contributed by atoms with Crippen molar-refractivity contribution in [1.82, 2.24) is 10.6 Å². The lowest BCUT2D eigenvalue weighted by Crippen LogP contribution is -2.37. The molecule has 2 rings (SSSR count). The summed E-state index contributed by atoms with van der Waals surface area (Å²) in [6, 6.07) is 8.42. The predicted octanol–water partition coefficient (Wildman–Crippen LogP) is 1.02. The topological polar surface area (TPSA) is 41.1 Å². The molecule has 1 aliphatic heterocycles. The van der Waals surface area contributed by atoms with Crippen LogP contribution in [0, 0.1) is 6.92 Å². The third kappa shape index (κ3) is 3.07. The van der Waals surface area contributed by atoms with E-state index in [1.165, 1.54) is 5.56 Å². The summed E-state index contributed by atoms with van der Waals surface area (Å²) in [5, 5.41) is 6.28. The van der Waals surface area contributed by atoms with Crippen LogP contribution in [0.4, 0.5) is 0 Å². The zero-order chi connectivity index (χ0) is 11.4. The lowest BCUT2D eigenvalue weighted by atomic mass is 10.1. The van der Waals surface area contributed by atoms with Gasteiger partial charge < -0.3 is 10.6 Å². The van der Waals surface area contributed by atoms with E-state index in [9.17, 15) is 4.79 Å². The van der Waals surface area contributed by atoms with Crippen molar-refractivity contribution in [2.75, 3.05) is 13.1 Å². The number of rotatable bonds is 3. The quantitative estimate of drug-likeness (QED) is 0.795. The van der Waals surface area contributed by atoms with Crippen molar-refractivity contribution >= 4 is 5.91 Å². The summed E-state index contributed by atoms with van der Waals surface area (Å²) in [5.74, 6) is 0.124. The molecule has 0 aliphatic carbocycles. The standard InChI is InChI=1S/C13H18N2O/c1-10-3-2-4-11(7-10)8-13(16)15-12-5-6-14-9-12/h2-4,7,12,14H,5-6,8-9H2,1H3,(H,15,16)/t12-/m0/s1. The number of carbonyl (C=O) groups excluding carboxylic acids is 1. The van der Waals surface area contributed by atoms with Crippen molar-refractivity contribution in [2.24, 2.45) is 0 Å². The van der Waals surface area contributed by atoms with Crippen molar-refractivity contribution in [1.29, 1.82) is 0 Å². The van der Waals surface area contributed by atoms with E-state index in [0.717, 1.165) is 25.1 Å². The minimum atomic E-state index is 0.124. The largest absolute Gasteiger partial charge is 0.352 e. The smallest absolute Gasteiger partial charge is 0.224 e. The first-order valence-corrected chi connectivity index (χ1v) is 5.79. The Hall–Kier alpha value is -1.35. The van der Waals surface area contributed by atoms with Crippen molar-refractivity contribution in [3.63, 3.8) is 0 Å². The monoisotopic (exact) mass is 218 g/mol. The van der Waals surface area contributed by atoms with Crippen LogP contribution in [0.25, 0.3) is 0 Å². The molecule has 1 fully saturated rings. The van der Waals surface area contributed by atoms with Crippen LogP contribution < -0.4 is 10.6 Å². The van der Waals surface area contributed by atoms with Gasteiger partial charge in [-0.3, -0.25) is 4.79 Å². The molecule has 0 unspecified atom stereocenters. The highest BCUT2D eigenvalue weighted by Crippen LogP contribution is 2.05. The van der Waals surface area contributed by atoms with E-state index in [0.29, 0.717) is 12.5 Å². The van der Waals surface area contributed by atoms with Gasteiger partial charge >= 0.3 is 0 Å². The van der Waals surface area contributed by atoms with Crippen LogP contribution >= 0.6 is 0 Å². The SMILES string of the molecule is Cc1cccc(CC(=O)N[C@H]2CCNC2)c1. The van der Waals surface area contributed by atoms with Gasteiger partial charge in [-0.2, -0.15) is 0 Å². The molecule has 1 amide bonds. The fraction of sp³-hybridized carbons (Fsp3) is 0.462. The van der Waals surface area contributed by atoms with Gasteiger partial charge in [0, 0.05) is 12.6 Å². The molecule has 86 valence electrons. The minimum absolute atomic E-state index is 0.124. The Balaban J connectivity index is 1.86. The first kappa shape index (κ1) is 11.1.